The number of hydrogen-bond acceptors (Lipinski definition) is 6. The number of nitrogens with zero attached hydrogens (tertiary/aromatic N) is 2. The number of H-pyrrole nitrogens is 2. The Hall–Kier alpha value is -2.55. The number of nitro groups is 1. The van der Waals surface area contributed by atoms with Gasteiger partial charge in [-0.2, -0.15) is 0 Å². The van der Waals surface area contributed by atoms with Gasteiger partial charge < -0.3 is 4.98 Å². The third kappa shape index (κ3) is 2.68. The van der Waals surface area contributed by atoms with Crippen molar-refractivity contribution in [2.24, 2.45) is 0 Å². The Bertz CT molecular complexity index is 843. The molecule has 2 heterocycles. The summed E-state index contributed by atoms with van der Waals surface area (Å²) in [7, 11) is 0. The molecule has 108 valence electrons. The number of aromatic amines is 2. The summed E-state index contributed by atoms with van der Waals surface area (Å²) < 4.78 is 0. The minimum Gasteiger partial charge on any atom is -0.301 e. The van der Waals surface area contributed by atoms with Gasteiger partial charge in [-0.15, -0.1) is 11.3 Å². The highest BCUT2D eigenvalue weighted by atomic mass is 32.1. The molecule has 0 spiro atoms. The standard InChI is InChI=1S/C12H10N4O4S/c17-11-10(16(19)20)7(14-12(18)15-11)3-4-8-9(6-1-2-6)13-5-21-8/h3-6H,1-2H2,(H2,14,15,17,18)/b4-3+. The minimum atomic E-state index is -1.02. The molecule has 1 fully saturated rings. The Kier molecular flexibility index (Phi) is 3.26. The Labute approximate surface area is 121 Å². The third-order valence-electron chi connectivity index (χ3n) is 3.12. The first kappa shape index (κ1) is 13.4. The van der Waals surface area contributed by atoms with Gasteiger partial charge in [0.1, 0.15) is 5.69 Å². The zero-order chi connectivity index (χ0) is 15.0. The molecule has 8 nitrogen and oxygen atoms in total. The number of rotatable bonds is 4. The number of hydrogen-bond donors (Lipinski definition) is 2. The smallest absolute Gasteiger partial charge is 0.301 e. The van der Waals surface area contributed by atoms with Crippen molar-refractivity contribution in [2.75, 3.05) is 0 Å². The second-order valence-electron chi connectivity index (χ2n) is 4.64. The lowest BCUT2D eigenvalue weighted by atomic mass is 10.2. The van der Waals surface area contributed by atoms with Crippen LogP contribution in [0.25, 0.3) is 12.2 Å². The van der Waals surface area contributed by atoms with E-state index in [1.165, 1.54) is 17.4 Å². The predicted molar refractivity (Wildman–Crippen MR) is 77.4 cm³/mol. The molecule has 1 saturated carbocycles. The molecular weight excluding hydrogens is 296 g/mol. The maximum atomic E-state index is 11.5. The van der Waals surface area contributed by atoms with Crippen molar-refractivity contribution in [3.63, 3.8) is 0 Å². The Morgan fingerprint density at radius 3 is 2.76 bits per heavy atom. The van der Waals surface area contributed by atoms with E-state index in [2.05, 4.69) is 9.97 Å². The number of aromatic nitrogens is 3. The summed E-state index contributed by atoms with van der Waals surface area (Å²) in [4.78, 5) is 42.1. The maximum Gasteiger partial charge on any atom is 0.357 e. The quantitative estimate of drug-likeness (QED) is 0.654. The molecule has 0 aliphatic heterocycles. The van der Waals surface area contributed by atoms with Crippen molar-refractivity contribution in [1.29, 1.82) is 0 Å². The number of nitrogens with one attached hydrogen (secondary N) is 2. The molecule has 2 N–H and O–H groups in total. The fraction of sp³-hybridized carbons (Fsp3) is 0.250. The molecule has 3 rings (SSSR count). The van der Waals surface area contributed by atoms with E-state index >= 15 is 0 Å². The molecule has 1 aliphatic rings. The van der Waals surface area contributed by atoms with E-state index in [4.69, 9.17) is 0 Å². The van der Waals surface area contributed by atoms with Gasteiger partial charge in [-0.1, -0.05) is 0 Å². The van der Waals surface area contributed by atoms with Gasteiger partial charge in [0.25, 0.3) is 0 Å². The van der Waals surface area contributed by atoms with Gasteiger partial charge in [-0.05, 0) is 25.0 Å². The van der Waals surface area contributed by atoms with E-state index in [1.54, 1.807) is 11.6 Å². The van der Waals surface area contributed by atoms with Crippen molar-refractivity contribution in [1.82, 2.24) is 15.0 Å². The van der Waals surface area contributed by atoms with Crippen LogP contribution in [0.4, 0.5) is 5.69 Å². The van der Waals surface area contributed by atoms with Gasteiger partial charge in [0.2, 0.25) is 0 Å². The highest BCUT2D eigenvalue weighted by Crippen LogP contribution is 2.42. The van der Waals surface area contributed by atoms with E-state index in [9.17, 15) is 19.7 Å². The zero-order valence-corrected chi connectivity index (χ0v) is 11.5. The fourth-order valence-electron chi connectivity index (χ4n) is 2.01. The Morgan fingerprint density at radius 1 is 1.33 bits per heavy atom. The van der Waals surface area contributed by atoms with Crippen LogP contribution in [0.5, 0.6) is 0 Å². The monoisotopic (exact) mass is 306 g/mol. The lowest BCUT2D eigenvalue weighted by Crippen LogP contribution is -2.25. The summed E-state index contributed by atoms with van der Waals surface area (Å²) >= 11 is 1.41. The summed E-state index contributed by atoms with van der Waals surface area (Å²) in [6.07, 6.45) is 5.19. The molecule has 21 heavy (non-hydrogen) atoms. The van der Waals surface area contributed by atoms with Crippen molar-refractivity contribution in [3.8, 4) is 0 Å². The summed E-state index contributed by atoms with van der Waals surface area (Å²) in [6.45, 7) is 0. The van der Waals surface area contributed by atoms with Crippen molar-refractivity contribution in [2.45, 2.75) is 18.8 Å². The lowest BCUT2D eigenvalue weighted by Gasteiger charge is -1.96. The molecule has 0 bridgehead atoms. The van der Waals surface area contributed by atoms with Crippen LogP contribution >= 0.6 is 11.3 Å². The van der Waals surface area contributed by atoms with E-state index in [0.717, 1.165) is 23.4 Å². The molecule has 1 aliphatic carbocycles. The normalized spacial score (nSPS) is 14.7. The summed E-state index contributed by atoms with van der Waals surface area (Å²) in [5, 5.41) is 10.9. The molecule has 2 aromatic heterocycles. The van der Waals surface area contributed by atoms with Crippen LogP contribution in [0.3, 0.4) is 0 Å². The Balaban J connectivity index is 2.03. The number of thiazole rings is 1. The van der Waals surface area contributed by atoms with Crippen LogP contribution in [0.15, 0.2) is 15.1 Å². The van der Waals surface area contributed by atoms with Crippen molar-refractivity contribution in [3.05, 3.63) is 52.7 Å². The van der Waals surface area contributed by atoms with Gasteiger partial charge in [0, 0.05) is 5.92 Å². The van der Waals surface area contributed by atoms with E-state index in [0.29, 0.717) is 5.92 Å². The van der Waals surface area contributed by atoms with Crippen LogP contribution < -0.4 is 11.2 Å². The van der Waals surface area contributed by atoms with Crippen molar-refractivity contribution >= 4 is 29.2 Å². The molecule has 0 amide bonds. The van der Waals surface area contributed by atoms with E-state index in [-0.39, 0.29) is 5.69 Å². The second-order valence-corrected chi connectivity index (χ2v) is 5.52. The molecule has 0 unspecified atom stereocenters. The predicted octanol–water partition coefficient (Wildman–Crippen LogP) is 1.48. The Morgan fingerprint density at radius 2 is 2.10 bits per heavy atom. The molecular formula is C12H10N4O4S. The van der Waals surface area contributed by atoms with Gasteiger partial charge >= 0.3 is 16.9 Å². The maximum absolute atomic E-state index is 11.5. The highest BCUT2D eigenvalue weighted by molar-refractivity contribution is 7.10. The first-order chi connectivity index (χ1) is 10.1. The molecule has 2 aromatic rings. The van der Waals surface area contributed by atoms with Gasteiger partial charge in [0.15, 0.2) is 0 Å². The first-order valence-electron chi connectivity index (χ1n) is 6.18. The average molecular weight is 306 g/mol. The average Bonchev–Trinajstić information content (AvgIpc) is 3.14. The van der Waals surface area contributed by atoms with E-state index in [1.807, 2.05) is 4.98 Å². The van der Waals surface area contributed by atoms with Gasteiger partial charge in [0.05, 0.1) is 21.0 Å². The molecule has 0 atom stereocenters. The molecule has 0 radical (unpaired) electrons. The van der Waals surface area contributed by atoms with Gasteiger partial charge in [-0.3, -0.25) is 19.9 Å². The fourth-order valence-corrected chi connectivity index (χ4v) is 2.78. The van der Waals surface area contributed by atoms with Gasteiger partial charge in [-0.25, -0.2) is 9.78 Å². The van der Waals surface area contributed by atoms with Crippen LogP contribution in [0, 0.1) is 10.1 Å². The van der Waals surface area contributed by atoms with Crippen LogP contribution in [0.2, 0.25) is 0 Å². The SMILES string of the molecule is O=c1[nH]c(/C=C/c2scnc2C2CC2)c([N+](=O)[O-])c(=O)[nH]1. The minimum absolute atomic E-state index is 0.121. The summed E-state index contributed by atoms with van der Waals surface area (Å²) in [5.41, 5.74) is 0.0767. The van der Waals surface area contributed by atoms with Crippen LogP contribution in [-0.4, -0.2) is 19.9 Å². The molecule has 0 aromatic carbocycles. The highest BCUT2D eigenvalue weighted by Gasteiger charge is 2.27. The topological polar surface area (TPSA) is 122 Å². The molecule has 9 heteroatoms. The zero-order valence-electron chi connectivity index (χ0n) is 10.7. The second kappa shape index (κ2) is 5.09. The lowest BCUT2D eigenvalue weighted by molar-refractivity contribution is -0.386. The largest absolute Gasteiger partial charge is 0.357 e. The third-order valence-corrected chi connectivity index (χ3v) is 3.93. The summed E-state index contributed by atoms with van der Waals surface area (Å²) in [5.74, 6) is 0.448. The summed E-state index contributed by atoms with van der Waals surface area (Å²) in [6, 6.07) is 0. The molecule has 0 saturated heterocycles. The van der Waals surface area contributed by atoms with E-state index < -0.39 is 21.9 Å². The van der Waals surface area contributed by atoms with Crippen molar-refractivity contribution < 1.29 is 4.92 Å². The van der Waals surface area contributed by atoms with Crippen LogP contribution in [-0.2, 0) is 0 Å². The first-order valence-corrected chi connectivity index (χ1v) is 7.06. The van der Waals surface area contributed by atoms with Crippen LogP contribution in [0.1, 0.15) is 35.0 Å².